The number of aliphatic hydroxyl groups is 1. The average molecular weight is 257 g/mol. The first-order chi connectivity index (χ1) is 8.26. The highest BCUT2D eigenvalue weighted by Crippen LogP contribution is 2.36. The summed E-state index contributed by atoms with van der Waals surface area (Å²) in [6.45, 7) is 11.6. The molecule has 0 heterocycles. The van der Waals surface area contributed by atoms with E-state index < -0.39 is 0 Å². The van der Waals surface area contributed by atoms with Crippen molar-refractivity contribution >= 4 is 0 Å². The van der Waals surface area contributed by atoms with Gasteiger partial charge in [0.15, 0.2) is 0 Å². The topological polar surface area (TPSA) is 41.5 Å². The normalized spacial score (nSPS) is 24.2. The minimum absolute atomic E-state index is 0.114. The molecule has 1 rings (SSSR count). The molecular formula is C15H31NO2. The fourth-order valence-corrected chi connectivity index (χ4v) is 2.67. The van der Waals surface area contributed by atoms with Gasteiger partial charge in [-0.05, 0) is 38.0 Å². The molecule has 1 atom stereocenters. The predicted molar refractivity (Wildman–Crippen MR) is 75.8 cm³/mol. The van der Waals surface area contributed by atoms with Gasteiger partial charge in [0.1, 0.15) is 0 Å². The summed E-state index contributed by atoms with van der Waals surface area (Å²) >= 11 is 0. The fraction of sp³-hybridized carbons (Fsp3) is 1.00. The van der Waals surface area contributed by atoms with E-state index in [1.807, 2.05) is 6.92 Å². The maximum atomic E-state index is 9.50. The molecule has 0 amide bonds. The lowest BCUT2D eigenvalue weighted by Gasteiger charge is -2.37. The highest BCUT2D eigenvalue weighted by Gasteiger charge is 2.30. The van der Waals surface area contributed by atoms with E-state index in [0.29, 0.717) is 24.2 Å². The van der Waals surface area contributed by atoms with E-state index in [1.165, 1.54) is 12.8 Å². The lowest BCUT2D eigenvalue weighted by atomic mass is 9.76. The van der Waals surface area contributed by atoms with Crippen LogP contribution in [0.2, 0.25) is 0 Å². The monoisotopic (exact) mass is 257 g/mol. The molecule has 0 saturated heterocycles. The van der Waals surface area contributed by atoms with Crippen LogP contribution in [-0.2, 0) is 4.74 Å². The second-order valence-electron chi connectivity index (χ2n) is 7.19. The van der Waals surface area contributed by atoms with Crippen LogP contribution < -0.4 is 5.32 Å². The maximum Gasteiger partial charge on any atom is 0.0671 e. The zero-order chi connectivity index (χ0) is 13.8. The lowest BCUT2D eigenvalue weighted by Crippen LogP contribution is -2.53. The second kappa shape index (κ2) is 6.36. The van der Waals surface area contributed by atoms with E-state index in [4.69, 9.17) is 4.74 Å². The van der Waals surface area contributed by atoms with Gasteiger partial charge in [0.05, 0.1) is 24.9 Å². The van der Waals surface area contributed by atoms with E-state index in [1.54, 1.807) is 0 Å². The van der Waals surface area contributed by atoms with Crippen molar-refractivity contribution in [1.82, 2.24) is 5.32 Å². The molecule has 3 heteroatoms. The average Bonchev–Trinajstić information content (AvgIpc) is 2.27. The van der Waals surface area contributed by atoms with E-state index in [0.717, 1.165) is 12.8 Å². The van der Waals surface area contributed by atoms with Crippen LogP contribution in [0.1, 0.15) is 60.3 Å². The Hall–Kier alpha value is -0.120. The van der Waals surface area contributed by atoms with Gasteiger partial charge in [-0.2, -0.15) is 0 Å². The molecule has 108 valence electrons. The first-order valence-electron chi connectivity index (χ1n) is 7.26. The lowest BCUT2D eigenvalue weighted by molar-refractivity contribution is -0.0350. The molecular weight excluding hydrogens is 226 g/mol. The number of ether oxygens (including phenoxy) is 1. The molecule has 0 aromatic heterocycles. The Morgan fingerprint density at radius 2 is 1.89 bits per heavy atom. The van der Waals surface area contributed by atoms with Gasteiger partial charge in [-0.3, -0.25) is 0 Å². The van der Waals surface area contributed by atoms with Crippen molar-refractivity contribution in [2.24, 2.45) is 5.41 Å². The van der Waals surface area contributed by atoms with Gasteiger partial charge in [0.25, 0.3) is 0 Å². The number of hydrogen-bond donors (Lipinski definition) is 2. The van der Waals surface area contributed by atoms with Crippen LogP contribution in [0.25, 0.3) is 0 Å². The molecule has 1 aliphatic carbocycles. The van der Waals surface area contributed by atoms with Crippen molar-refractivity contribution in [3.8, 4) is 0 Å². The van der Waals surface area contributed by atoms with Crippen molar-refractivity contribution in [2.75, 3.05) is 13.2 Å². The van der Waals surface area contributed by atoms with Gasteiger partial charge in [-0.15, -0.1) is 0 Å². The zero-order valence-corrected chi connectivity index (χ0v) is 12.8. The Bertz CT molecular complexity index is 243. The molecule has 18 heavy (non-hydrogen) atoms. The molecule has 0 aliphatic heterocycles. The Labute approximate surface area is 112 Å². The minimum atomic E-state index is -0.318. The van der Waals surface area contributed by atoms with Crippen LogP contribution in [0.3, 0.4) is 0 Å². The van der Waals surface area contributed by atoms with Crippen molar-refractivity contribution in [3.05, 3.63) is 0 Å². The molecule has 0 radical (unpaired) electrons. The second-order valence-corrected chi connectivity index (χ2v) is 7.19. The standard InChI is InChI=1S/C15H31NO2/c1-12(2)16-15(5,10-17)11-18-13-6-8-14(3,4)9-7-13/h12-13,16-17H,6-11H2,1-5H3. The summed E-state index contributed by atoms with van der Waals surface area (Å²) in [5.74, 6) is 0. The predicted octanol–water partition coefficient (Wildman–Crippen LogP) is 2.72. The molecule has 1 aliphatic rings. The molecule has 2 N–H and O–H groups in total. The Morgan fingerprint density at radius 1 is 1.33 bits per heavy atom. The molecule has 3 nitrogen and oxygen atoms in total. The number of rotatable bonds is 6. The largest absolute Gasteiger partial charge is 0.394 e. The SMILES string of the molecule is CC(C)NC(C)(CO)COC1CCC(C)(C)CC1. The van der Waals surface area contributed by atoms with E-state index in [2.05, 4.69) is 33.0 Å². The molecule has 1 fully saturated rings. The van der Waals surface area contributed by atoms with E-state index >= 15 is 0 Å². The van der Waals surface area contributed by atoms with Crippen molar-refractivity contribution < 1.29 is 9.84 Å². The van der Waals surface area contributed by atoms with Crippen LogP contribution in [0, 0.1) is 5.41 Å². The third kappa shape index (κ3) is 5.25. The quantitative estimate of drug-likeness (QED) is 0.769. The fourth-order valence-electron chi connectivity index (χ4n) is 2.67. The summed E-state index contributed by atoms with van der Waals surface area (Å²) in [4.78, 5) is 0. The van der Waals surface area contributed by atoms with Gasteiger partial charge >= 0.3 is 0 Å². The van der Waals surface area contributed by atoms with Gasteiger partial charge in [0.2, 0.25) is 0 Å². The van der Waals surface area contributed by atoms with E-state index in [-0.39, 0.29) is 12.1 Å². The summed E-state index contributed by atoms with van der Waals surface area (Å²) in [5.41, 5.74) is 0.164. The number of hydrogen-bond acceptors (Lipinski definition) is 3. The summed E-state index contributed by atoms with van der Waals surface area (Å²) in [6.07, 6.45) is 5.15. The van der Waals surface area contributed by atoms with Crippen LogP contribution in [-0.4, -0.2) is 36.0 Å². The van der Waals surface area contributed by atoms with Crippen LogP contribution in [0.15, 0.2) is 0 Å². The summed E-state index contributed by atoms with van der Waals surface area (Å²) in [6, 6.07) is 0.357. The van der Waals surface area contributed by atoms with E-state index in [9.17, 15) is 5.11 Å². The van der Waals surface area contributed by atoms with Crippen molar-refractivity contribution in [3.63, 3.8) is 0 Å². The summed E-state index contributed by atoms with van der Waals surface area (Å²) in [5, 5.41) is 12.9. The molecule has 0 spiro atoms. The molecule has 0 bridgehead atoms. The van der Waals surface area contributed by atoms with Crippen LogP contribution in [0.4, 0.5) is 0 Å². The Kier molecular flexibility index (Phi) is 5.63. The van der Waals surface area contributed by atoms with Gasteiger partial charge in [-0.1, -0.05) is 27.7 Å². The van der Waals surface area contributed by atoms with Gasteiger partial charge < -0.3 is 15.2 Å². The smallest absolute Gasteiger partial charge is 0.0671 e. The maximum absolute atomic E-state index is 9.50. The minimum Gasteiger partial charge on any atom is -0.394 e. The number of nitrogens with one attached hydrogen (secondary N) is 1. The third-order valence-electron chi connectivity index (χ3n) is 3.91. The first kappa shape index (κ1) is 15.9. The molecule has 1 unspecified atom stereocenters. The van der Waals surface area contributed by atoms with Crippen LogP contribution >= 0.6 is 0 Å². The highest BCUT2D eigenvalue weighted by molar-refractivity contribution is 4.85. The van der Waals surface area contributed by atoms with Crippen LogP contribution in [0.5, 0.6) is 0 Å². The molecule has 0 aromatic carbocycles. The van der Waals surface area contributed by atoms with Crippen molar-refractivity contribution in [1.29, 1.82) is 0 Å². The third-order valence-corrected chi connectivity index (χ3v) is 3.91. The Balaban J connectivity index is 2.35. The zero-order valence-electron chi connectivity index (χ0n) is 12.8. The van der Waals surface area contributed by atoms with Gasteiger partial charge in [-0.25, -0.2) is 0 Å². The van der Waals surface area contributed by atoms with Gasteiger partial charge in [0, 0.05) is 6.04 Å². The number of aliphatic hydroxyl groups excluding tert-OH is 1. The Morgan fingerprint density at radius 3 is 2.33 bits per heavy atom. The summed E-state index contributed by atoms with van der Waals surface area (Å²) in [7, 11) is 0. The molecule has 1 saturated carbocycles. The highest BCUT2D eigenvalue weighted by atomic mass is 16.5. The first-order valence-corrected chi connectivity index (χ1v) is 7.26. The summed E-state index contributed by atoms with van der Waals surface area (Å²) < 4.78 is 6.01. The molecule has 0 aromatic rings. The van der Waals surface area contributed by atoms with Crippen molar-refractivity contribution in [2.45, 2.75) is 78.0 Å².